The molecule has 1 unspecified atom stereocenters. The van der Waals surface area contributed by atoms with Gasteiger partial charge in [0.25, 0.3) is 0 Å². The van der Waals surface area contributed by atoms with Crippen molar-refractivity contribution in [1.82, 2.24) is 4.90 Å². The molecule has 6 heteroatoms. The minimum atomic E-state index is -1.47. The molecule has 0 saturated heterocycles. The molecule has 1 heterocycles. The SMILES string of the molecule is C=CC(=O)N1Cc2cccc(-c3c(F)cc(C(N)=O)c4c3C(C)=C(C)C4)c2C(F)C1. The fourth-order valence-electron chi connectivity index (χ4n) is 4.57. The monoisotopic (exact) mass is 408 g/mol. The molecule has 0 bridgehead atoms. The van der Waals surface area contributed by atoms with E-state index < -0.39 is 17.9 Å². The summed E-state index contributed by atoms with van der Waals surface area (Å²) in [6, 6.07) is 6.33. The second-order valence-electron chi connectivity index (χ2n) is 7.85. The molecule has 1 aliphatic carbocycles. The number of carbonyl (C=O) groups excluding carboxylic acids is 2. The fraction of sp³-hybridized carbons (Fsp3) is 0.250. The number of fused-ring (bicyclic) bond motifs is 2. The number of primary amides is 1. The van der Waals surface area contributed by atoms with Crippen LogP contribution in [0.2, 0.25) is 0 Å². The Morgan fingerprint density at radius 1 is 1.27 bits per heavy atom. The van der Waals surface area contributed by atoms with Crippen LogP contribution in [-0.2, 0) is 17.8 Å². The van der Waals surface area contributed by atoms with Crippen molar-refractivity contribution in [2.75, 3.05) is 6.54 Å². The van der Waals surface area contributed by atoms with E-state index in [1.807, 2.05) is 13.8 Å². The van der Waals surface area contributed by atoms with Crippen LogP contribution >= 0.6 is 0 Å². The lowest BCUT2D eigenvalue weighted by Crippen LogP contribution is -2.36. The minimum absolute atomic E-state index is 0.119. The smallest absolute Gasteiger partial charge is 0.249 e. The van der Waals surface area contributed by atoms with Gasteiger partial charge in [-0.1, -0.05) is 30.4 Å². The fourth-order valence-corrected chi connectivity index (χ4v) is 4.57. The first-order valence-electron chi connectivity index (χ1n) is 9.74. The minimum Gasteiger partial charge on any atom is -0.366 e. The topological polar surface area (TPSA) is 63.4 Å². The van der Waals surface area contributed by atoms with E-state index in [1.54, 1.807) is 18.2 Å². The number of benzene rings is 2. The molecule has 0 aromatic heterocycles. The molecule has 1 aliphatic heterocycles. The van der Waals surface area contributed by atoms with E-state index in [-0.39, 0.29) is 30.1 Å². The summed E-state index contributed by atoms with van der Waals surface area (Å²) in [5.41, 5.74) is 10.6. The van der Waals surface area contributed by atoms with Gasteiger partial charge in [0.1, 0.15) is 12.0 Å². The molecule has 2 N–H and O–H groups in total. The molecule has 2 amide bonds. The maximum Gasteiger partial charge on any atom is 0.249 e. The normalized spacial score (nSPS) is 17.6. The Balaban J connectivity index is 1.97. The van der Waals surface area contributed by atoms with E-state index in [0.29, 0.717) is 34.2 Å². The molecule has 2 aromatic carbocycles. The number of nitrogens with zero attached hydrogens (tertiary/aromatic N) is 1. The average Bonchev–Trinajstić information content (AvgIpc) is 3.00. The maximum atomic E-state index is 15.4. The highest BCUT2D eigenvalue weighted by atomic mass is 19.1. The van der Waals surface area contributed by atoms with Crippen LogP contribution in [0.1, 0.15) is 52.6 Å². The highest BCUT2D eigenvalue weighted by Gasteiger charge is 2.33. The number of carbonyl (C=O) groups is 2. The summed E-state index contributed by atoms with van der Waals surface area (Å²) in [4.78, 5) is 25.3. The largest absolute Gasteiger partial charge is 0.366 e. The molecule has 30 heavy (non-hydrogen) atoms. The van der Waals surface area contributed by atoms with E-state index >= 15 is 8.78 Å². The van der Waals surface area contributed by atoms with Crippen LogP contribution in [0.3, 0.4) is 0 Å². The number of amides is 2. The zero-order chi connectivity index (χ0) is 21.7. The number of hydrogen-bond donors (Lipinski definition) is 1. The molecular weight excluding hydrogens is 386 g/mol. The maximum absolute atomic E-state index is 15.4. The number of allylic oxidation sites excluding steroid dienone is 2. The summed E-state index contributed by atoms with van der Waals surface area (Å²) in [5, 5.41) is 0. The lowest BCUT2D eigenvalue weighted by Gasteiger charge is -2.32. The van der Waals surface area contributed by atoms with Crippen LogP contribution in [-0.4, -0.2) is 23.3 Å². The Labute approximate surface area is 173 Å². The molecule has 2 aromatic rings. The van der Waals surface area contributed by atoms with Gasteiger partial charge in [-0.05, 0) is 60.2 Å². The van der Waals surface area contributed by atoms with Crippen LogP contribution in [0, 0.1) is 5.82 Å². The van der Waals surface area contributed by atoms with Gasteiger partial charge in [0, 0.05) is 23.2 Å². The van der Waals surface area contributed by atoms with Crippen molar-refractivity contribution in [3.05, 3.63) is 76.1 Å². The Bertz CT molecular complexity index is 1150. The van der Waals surface area contributed by atoms with Crippen LogP contribution < -0.4 is 5.73 Å². The van der Waals surface area contributed by atoms with Crippen molar-refractivity contribution in [3.8, 4) is 11.1 Å². The summed E-state index contributed by atoms with van der Waals surface area (Å²) in [6.45, 7) is 7.38. The van der Waals surface area contributed by atoms with Crippen LogP contribution in [0.5, 0.6) is 0 Å². The van der Waals surface area contributed by atoms with Crippen molar-refractivity contribution in [1.29, 1.82) is 0 Å². The third-order valence-corrected chi connectivity index (χ3v) is 6.12. The summed E-state index contributed by atoms with van der Waals surface area (Å²) < 4.78 is 30.7. The molecule has 0 saturated carbocycles. The molecule has 0 spiro atoms. The first-order chi connectivity index (χ1) is 14.2. The lowest BCUT2D eigenvalue weighted by atomic mass is 9.84. The average molecular weight is 408 g/mol. The van der Waals surface area contributed by atoms with Gasteiger partial charge in [0.05, 0.1) is 6.54 Å². The first-order valence-corrected chi connectivity index (χ1v) is 9.74. The highest BCUT2D eigenvalue weighted by Crippen LogP contribution is 2.46. The second-order valence-corrected chi connectivity index (χ2v) is 7.85. The van der Waals surface area contributed by atoms with Crippen molar-refractivity contribution >= 4 is 17.4 Å². The molecular formula is C24H22F2N2O2. The van der Waals surface area contributed by atoms with Crippen molar-refractivity contribution in [2.45, 2.75) is 33.0 Å². The van der Waals surface area contributed by atoms with E-state index in [4.69, 9.17) is 5.73 Å². The van der Waals surface area contributed by atoms with E-state index in [9.17, 15) is 9.59 Å². The molecule has 0 radical (unpaired) electrons. The Morgan fingerprint density at radius 2 is 2.00 bits per heavy atom. The van der Waals surface area contributed by atoms with Crippen LogP contribution in [0.4, 0.5) is 8.78 Å². The van der Waals surface area contributed by atoms with Gasteiger partial charge in [-0.25, -0.2) is 8.78 Å². The molecule has 0 fully saturated rings. The Hall–Kier alpha value is -3.28. The van der Waals surface area contributed by atoms with Gasteiger partial charge >= 0.3 is 0 Å². The third-order valence-electron chi connectivity index (χ3n) is 6.12. The Kier molecular flexibility index (Phi) is 4.80. The number of rotatable bonds is 3. The van der Waals surface area contributed by atoms with Gasteiger partial charge in [-0.3, -0.25) is 9.59 Å². The summed E-state index contributed by atoms with van der Waals surface area (Å²) in [6.07, 6.45) is 0.197. The second kappa shape index (κ2) is 7.20. The van der Waals surface area contributed by atoms with Crippen molar-refractivity contribution in [3.63, 3.8) is 0 Å². The summed E-state index contributed by atoms with van der Waals surface area (Å²) in [5.74, 6) is -1.64. The quantitative estimate of drug-likeness (QED) is 0.761. The van der Waals surface area contributed by atoms with Crippen LogP contribution in [0.15, 0.2) is 42.5 Å². The lowest BCUT2D eigenvalue weighted by molar-refractivity contribution is -0.128. The zero-order valence-electron chi connectivity index (χ0n) is 16.9. The van der Waals surface area contributed by atoms with E-state index in [1.165, 1.54) is 4.90 Å². The number of nitrogens with two attached hydrogens (primary N) is 1. The van der Waals surface area contributed by atoms with Gasteiger partial charge in [0.2, 0.25) is 11.8 Å². The standard InChI is InChI=1S/C24H22F2N2O2/c1-4-20(29)28-10-14-6-5-7-15(22(14)19(26)11-28)23-18(25)9-17(24(27)30)16-8-12(2)13(3)21(16)23/h4-7,9,19H,1,8,10-11H2,2-3H3,(H2,27,30). The molecule has 4 nitrogen and oxygen atoms in total. The van der Waals surface area contributed by atoms with Gasteiger partial charge in [-0.15, -0.1) is 0 Å². The molecule has 4 rings (SSSR count). The Morgan fingerprint density at radius 3 is 2.67 bits per heavy atom. The van der Waals surface area contributed by atoms with E-state index in [2.05, 4.69) is 6.58 Å². The first kappa shape index (κ1) is 20.0. The van der Waals surface area contributed by atoms with Gasteiger partial charge < -0.3 is 10.6 Å². The molecule has 1 atom stereocenters. The summed E-state index contributed by atoms with van der Waals surface area (Å²) >= 11 is 0. The third kappa shape index (κ3) is 2.95. The predicted octanol–water partition coefficient (Wildman–Crippen LogP) is 4.48. The van der Waals surface area contributed by atoms with Crippen molar-refractivity contribution < 1.29 is 18.4 Å². The van der Waals surface area contributed by atoms with Gasteiger partial charge in [0.15, 0.2) is 0 Å². The van der Waals surface area contributed by atoms with Crippen LogP contribution in [0.25, 0.3) is 16.7 Å². The zero-order valence-corrected chi connectivity index (χ0v) is 16.9. The molecule has 154 valence electrons. The van der Waals surface area contributed by atoms with Gasteiger partial charge in [-0.2, -0.15) is 0 Å². The highest BCUT2D eigenvalue weighted by molar-refractivity contribution is 6.00. The van der Waals surface area contributed by atoms with E-state index in [0.717, 1.165) is 23.3 Å². The predicted molar refractivity (Wildman–Crippen MR) is 112 cm³/mol. The number of alkyl halides is 1. The number of hydrogen-bond acceptors (Lipinski definition) is 2. The molecule has 2 aliphatic rings. The van der Waals surface area contributed by atoms with Crippen molar-refractivity contribution in [2.24, 2.45) is 5.73 Å². The number of halogens is 2. The summed E-state index contributed by atoms with van der Waals surface area (Å²) in [7, 11) is 0.